The number of amides is 1. The van der Waals surface area contributed by atoms with E-state index >= 15 is 0 Å². The van der Waals surface area contributed by atoms with Crippen LogP contribution in [0.15, 0.2) is 36.7 Å². The van der Waals surface area contributed by atoms with Gasteiger partial charge in [0.25, 0.3) is 0 Å². The Morgan fingerprint density at radius 3 is 2.77 bits per heavy atom. The molecule has 3 aromatic rings. The summed E-state index contributed by atoms with van der Waals surface area (Å²) >= 11 is -1.55. The number of hydrogen-bond acceptors (Lipinski definition) is 6. The zero-order chi connectivity index (χ0) is 21.8. The fraction of sp³-hybridized carbons (Fsp3) is 0.300. The van der Waals surface area contributed by atoms with Gasteiger partial charge in [-0.15, -0.1) is 11.3 Å². The molecular weight excluding hydrogens is 429 g/mol. The zero-order valence-electron chi connectivity index (χ0n) is 16.7. The molecule has 0 spiro atoms. The van der Waals surface area contributed by atoms with Crippen molar-refractivity contribution >= 4 is 28.7 Å². The summed E-state index contributed by atoms with van der Waals surface area (Å²) in [6, 6.07) is 6.66. The van der Waals surface area contributed by atoms with E-state index in [-0.39, 0.29) is 5.06 Å². The predicted octanol–water partition coefficient (Wildman–Crippen LogP) is 4.19. The molecule has 30 heavy (non-hydrogen) atoms. The van der Waals surface area contributed by atoms with Crippen molar-refractivity contribution < 1.29 is 22.7 Å². The van der Waals surface area contributed by atoms with E-state index in [1.807, 2.05) is 17.6 Å². The Hall–Kier alpha value is -2.56. The number of rotatable bonds is 7. The maximum absolute atomic E-state index is 14.8. The van der Waals surface area contributed by atoms with Crippen LogP contribution in [-0.2, 0) is 24.2 Å². The standard InChI is InChI=1S/C20H22FN3O4S2/c1-12(2)8-16-10-17(19(29-16)28-20(25)23-30(26)27)14-4-5-15(18(21)9-14)11-24-7-6-22-13(24)3/h4-7,9-10,12H,8,11H2,1-3H3,(H,23,25)(H,26,27)/p-1. The predicted molar refractivity (Wildman–Crippen MR) is 112 cm³/mol. The fourth-order valence-corrected chi connectivity index (χ4v) is 4.39. The van der Waals surface area contributed by atoms with E-state index in [2.05, 4.69) is 18.8 Å². The zero-order valence-corrected chi connectivity index (χ0v) is 18.3. The Morgan fingerprint density at radius 2 is 2.17 bits per heavy atom. The highest BCUT2D eigenvalue weighted by atomic mass is 32.2. The van der Waals surface area contributed by atoms with Gasteiger partial charge in [-0.1, -0.05) is 26.0 Å². The summed E-state index contributed by atoms with van der Waals surface area (Å²) in [6.07, 6.45) is 3.07. The lowest BCUT2D eigenvalue weighted by Gasteiger charge is -2.10. The Labute approximate surface area is 180 Å². The van der Waals surface area contributed by atoms with Crippen molar-refractivity contribution in [1.29, 1.82) is 0 Å². The molecular formula is C20H21FN3O4S2-. The summed E-state index contributed by atoms with van der Waals surface area (Å²) in [5, 5.41) is 0.214. The van der Waals surface area contributed by atoms with Gasteiger partial charge in [-0.3, -0.25) is 8.93 Å². The second-order valence-electron chi connectivity index (χ2n) is 7.15. The Morgan fingerprint density at radius 1 is 1.40 bits per heavy atom. The first-order valence-corrected chi connectivity index (χ1v) is 11.1. The average molecular weight is 451 g/mol. The maximum atomic E-state index is 14.8. The molecule has 1 aromatic carbocycles. The monoisotopic (exact) mass is 450 g/mol. The molecule has 0 fully saturated rings. The molecule has 1 unspecified atom stereocenters. The Bertz CT molecular complexity index is 1080. The topological polar surface area (TPSA) is 96.3 Å². The molecule has 1 amide bonds. The van der Waals surface area contributed by atoms with E-state index in [9.17, 15) is 17.9 Å². The van der Waals surface area contributed by atoms with Crippen molar-refractivity contribution in [3.8, 4) is 16.2 Å². The number of halogens is 1. The van der Waals surface area contributed by atoms with Crippen LogP contribution in [-0.4, -0.2) is 24.4 Å². The summed E-state index contributed by atoms with van der Waals surface area (Å²) < 4.78 is 44.8. The molecule has 7 nitrogen and oxygen atoms in total. The lowest BCUT2D eigenvalue weighted by Crippen LogP contribution is -2.28. The number of thiophene rings is 1. The number of carbonyl (C=O) groups excluding carboxylic acids is 1. The van der Waals surface area contributed by atoms with Crippen LogP contribution in [0.5, 0.6) is 5.06 Å². The first-order valence-electron chi connectivity index (χ1n) is 9.20. The van der Waals surface area contributed by atoms with Crippen LogP contribution in [0, 0.1) is 18.7 Å². The number of nitrogens with one attached hydrogen (secondary N) is 1. The molecule has 1 atom stereocenters. The average Bonchev–Trinajstić information content (AvgIpc) is 3.21. The van der Waals surface area contributed by atoms with E-state index in [0.717, 1.165) is 17.1 Å². The number of nitrogens with zero attached hydrogens (tertiary/aromatic N) is 2. The summed E-state index contributed by atoms with van der Waals surface area (Å²) in [5.41, 5.74) is 1.57. The highest BCUT2D eigenvalue weighted by molar-refractivity contribution is 7.77. The minimum Gasteiger partial charge on any atom is -0.755 e. The lowest BCUT2D eigenvalue weighted by atomic mass is 10.0. The number of hydrogen-bond donors (Lipinski definition) is 1. The van der Waals surface area contributed by atoms with Crippen molar-refractivity contribution in [2.45, 2.75) is 33.7 Å². The lowest BCUT2D eigenvalue weighted by molar-refractivity contribution is 0.208. The second kappa shape index (κ2) is 9.50. The maximum Gasteiger partial charge on any atom is 0.424 e. The third kappa shape index (κ3) is 5.53. The molecule has 1 N–H and O–H groups in total. The number of benzene rings is 1. The van der Waals surface area contributed by atoms with Gasteiger partial charge in [-0.05, 0) is 37.0 Å². The van der Waals surface area contributed by atoms with E-state index in [4.69, 9.17) is 4.74 Å². The number of carbonyl (C=O) groups is 1. The highest BCUT2D eigenvalue weighted by Gasteiger charge is 2.18. The number of aromatic nitrogens is 2. The van der Waals surface area contributed by atoms with E-state index < -0.39 is 23.2 Å². The van der Waals surface area contributed by atoms with E-state index in [1.165, 1.54) is 17.4 Å². The quantitative estimate of drug-likeness (QED) is 0.545. The normalized spacial score (nSPS) is 12.2. The van der Waals surface area contributed by atoms with Crippen LogP contribution in [0.3, 0.4) is 0 Å². The van der Waals surface area contributed by atoms with Crippen LogP contribution in [0.4, 0.5) is 9.18 Å². The van der Waals surface area contributed by atoms with Crippen molar-refractivity contribution in [3.05, 3.63) is 58.7 Å². The number of imidazole rings is 1. The molecule has 0 saturated carbocycles. The molecule has 0 aliphatic rings. The van der Waals surface area contributed by atoms with Crippen molar-refractivity contribution in [1.82, 2.24) is 14.3 Å². The van der Waals surface area contributed by atoms with E-state index in [1.54, 1.807) is 29.2 Å². The minimum absolute atomic E-state index is 0.214. The minimum atomic E-state index is -2.78. The molecule has 160 valence electrons. The van der Waals surface area contributed by atoms with Gasteiger partial charge in [0.15, 0.2) is 5.06 Å². The van der Waals surface area contributed by atoms with Gasteiger partial charge in [0.2, 0.25) is 0 Å². The van der Waals surface area contributed by atoms with Gasteiger partial charge >= 0.3 is 6.09 Å². The summed E-state index contributed by atoms with van der Waals surface area (Å²) in [5.74, 6) is 0.755. The number of aryl methyl sites for hydroxylation is 1. The molecule has 0 aliphatic carbocycles. The van der Waals surface area contributed by atoms with Crippen LogP contribution < -0.4 is 9.46 Å². The molecule has 0 radical (unpaired) electrons. The van der Waals surface area contributed by atoms with Gasteiger partial charge in [-0.25, -0.2) is 14.2 Å². The second-order valence-corrected chi connectivity index (χ2v) is 8.92. The van der Waals surface area contributed by atoms with Crippen LogP contribution >= 0.6 is 11.3 Å². The first kappa shape index (κ1) is 22.1. The number of ether oxygens (including phenoxy) is 1. The molecule has 0 bridgehead atoms. The first-order chi connectivity index (χ1) is 14.2. The summed E-state index contributed by atoms with van der Waals surface area (Å²) in [7, 11) is 0. The molecule has 3 rings (SSSR count). The highest BCUT2D eigenvalue weighted by Crippen LogP contribution is 2.40. The fourth-order valence-electron chi connectivity index (χ4n) is 2.97. The van der Waals surface area contributed by atoms with Gasteiger partial charge < -0.3 is 13.9 Å². The van der Waals surface area contributed by atoms with Gasteiger partial charge in [0, 0.05) is 39.7 Å². The van der Waals surface area contributed by atoms with E-state index in [0.29, 0.717) is 29.2 Å². The molecule has 0 saturated heterocycles. The molecule has 0 aliphatic heterocycles. The van der Waals surface area contributed by atoms with Crippen molar-refractivity contribution in [2.75, 3.05) is 0 Å². The smallest absolute Gasteiger partial charge is 0.424 e. The van der Waals surface area contributed by atoms with Gasteiger partial charge in [-0.2, -0.15) is 0 Å². The van der Waals surface area contributed by atoms with Crippen LogP contribution in [0.25, 0.3) is 11.1 Å². The third-order valence-corrected chi connectivity index (χ3v) is 5.71. The molecule has 2 heterocycles. The Balaban J connectivity index is 1.91. The SMILES string of the molecule is Cc1nccn1Cc1ccc(-c2cc(CC(C)C)sc2OC(=O)NS(=O)[O-])cc1F. The van der Waals surface area contributed by atoms with Crippen molar-refractivity contribution in [2.24, 2.45) is 5.92 Å². The van der Waals surface area contributed by atoms with Crippen LogP contribution in [0.2, 0.25) is 0 Å². The third-order valence-electron chi connectivity index (χ3n) is 4.34. The van der Waals surface area contributed by atoms with Gasteiger partial charge in [0.1, 0.15) is 11.6 Å². The van der Waals surface area contributed by atoms with Gasteiger partial charge in [0.05, 0.1) is 6.54 Å². The van der Waals surface area contributed by atoms with Crippen molar-refractivity contribution in [3.63, 3.8) is 0 Å². The molecule has 2 aromatic heterocycles. The largest absolute Gasteiger partial charge is 0.755 e. The Kier molecular flexibility index (Phi) is 7.01. The molecule has 10 heteroatoms. The summed E-state index contributed by atoms with van der Waals surface area (Å²) in [4.78, 5) is 16.9. The van der Waals surface area contributed by atoms with Crippen LogP contribution in [0.1, 0.15) is 30.1 Å². The summed E-state index contributed by atoms with van der Waals surface area (Å²) in [6.45, 7) is 6.30.